The van der Waals surface area contributed by atoms with E-state index in [1.165, 1.54) is 0 Å². The number of nitrogens with one attached hydrogen (secondary N) is 2. The molecule has 0 radical (unpaired) electrons. The number of rotatable bonds is 10. The van der Waals surface area contributed by atoms with E-state index in [2.05, 4.69) is 10.6 Å². The second-order valence-electron chi connectivity index (χ2n) is 8.09. The van der Waals surface area contributed by atoms with E-state index >= 15 is 0 Å². The molecule has 34 heavy (non-hydrogen) atoms. The van der Waals surface area contributed by atoms with Gasteiger partial charge in [-0.15, -0.1) is 0 Å². The fraction of sp³-hybridized carbons (Fsp3) is 0.346. The number of benzene rings is 2. The van der Waals surface area contributed by atoms with Crippen molar-refractivity contribution in [3.8, 4) is 11.5 Å². The summed E-state index contributed by atoms with van der Waals surface area (Å²) in [7, 11) is 3.14. The van der Waals surface area contributed by atoms with Gasteiger partial charge in [0.25, 0.3) is 0 Å². The van der Waals surface area contributed by atoms with E-state index in [-0.39, 0.29) is 12.3 Å². The van der Waals surface area contributed by atoms with Crippen LogP contribution in [0.15, 0.2) is 59.7 Å². The van der Waals surface area contributed by atoms with E-state index in [9.17, 15) is 19.5 Å². The molecule has 2 amide bonds. The fourth-order valence-corrected chi connectivity index (χ4v) is 3.95. The van der Waals surface area contributed by atoms with Crippen LogP contribution in [0.25, 0.3) is 0 Å². The summed E-state index contributed by atoms with van der Waals surface area (Å²) in [4.78, 5) is 37.5. The average molecular weight is 467 g/mol. The molecule has 0 spiro atoms. The van der Waals surface area contributed by atoms with E-state index in [0.29, 0.717) is 41.8 Å². The van der Waals surface area contributed by atoms with Crippen LogP contribution in [0.2, 0.25) is 0 Å². The third-order valence-corrected chi connectivity index (χ3v) is 5.83. The highest BCUT2D eigenvalue weighted by Gasteiger charge is 2.26. The first-order valence-corrected chi connectivity index (χ1v) is 11.2. The molecule has 0 saturated carbocycles. The van der Waals surface area contributed by atoms with Crippen molar-refractivity contribution >= 4 is 17.8 Å². The summed E-state index contributed by atoms with van der Waals surface area (Å²) in [5.41, 5.74) is 2.44. The average Bonchev–Trinajstić information content (AvgIpc) is 2.87. The normalized spacial score (nSPS) is 14.2. The van der Waals surface area contributed by atoms with Gasteiger partial charge in [0.2, 0.25) is 11.8 Å². The lowest BCUT2D eigenvalue weighted by Gasteiger charge is -2.23. The SMILES string of the molecule is COc1ccc(CNC(=O)C2=C(C(=O)N[C@@H](CC(=O)O)c3ccc(OC)cc3)CCCC2)cc1. The van der Waals surface area contributed by atoms with Gasteiger partial charge in [-0.05, 0) is 61.1 Å². The first-order valence-electron chi connectivity index (χ1n) is 11.2. The van der Waals surface area contributed by atoms with Crippen LogP contribution in [-0.4, -0.2) is 37.1 Å². The summed E-state index contributed by atoms with van der Waals surface area (Å²) in [6.45, 7) is 0.328. The summed E-state index contributed by atoms with van der Waals surface area (Å²) in [6.07, 6.45) is 2.32. The van der Waals surface area contributed by atoms with Crippen LogP contribution in [0, 0.1) is 0 Å². The highest BCUT2D eigenvalue weighted by molar-refractivity contribution is 6.05. The smallest absolute Gasteiger partial charge is 0.305 e. The van der Waals surface area contributed by atoms with Crippen LogP contribution >= 0.6 is 0 Å². The van der Waals surface area contributed by atoms with E-state index in [1.54, 1.807) is 38.5 Å². The van der Waals surface area contributed by atoms with Crippen molar-refractivity contribution in [2.75, 3.05) is 14.2 Å². The quantitative estimate of drug-likeness (QED) is 0.494. The van der Waals surface area contributed by atoms with Gasteiger partial charge in [-0.1, -0.05) is 24.3 Å². The fourth-order valence-electron chi connectivity index (χ4n) is 3.95. The van der Waals surface area contributed by atoms with Crippen LogP contribution in [0.1, 0.15) is 49.3 Å². The van der Waals surface area contributed by atoms with Crippen molar-refractivity contribution in [3.05, 3.63) is 70.8 Å². The zero-order chi connectivity index (χ0) is 24.5. The van der Waals surface area contributed by atoms with Crippen molar-refractivity contribution in [2.24, 2.45) is 0 Å². The van der Waals surface area contributed by atoms with E-state index in [4.69, 9.17) is 9.47 Å². The Morgan fingerprint density at radius 2 is 1.38 bits per heavy atom. The Bertz CT molecular complexity index is 1040. The molecule has 0 bridgehead atoms. The molecule has 0 aromatic heterocycles. The van der Waals surface area contributed by atoms with Gasteiger partial charge in [0, 0.05) is 17.7 Å². The molecule has 8 nitrogen and oxygen atoms in total. The Hall–Kier alpha value is -3.81. The minimum absolute atomic E-state index is 0.273. The first-order chi connectivity index (χ1) is 16.4. The Morgan fingerprint density at radius 3 is 1.91 bits per heavy atom. The molecule has 8 heteroatoms. The number of ether oxygens (including phenoxy) is 2. The summed E-state index contributed by atoms with van der Waals surface area (Å²) in [5.74, 6) is -0.348. The standard InChI is InChI=1S/C26H30N2O6/c1-33-19-11-7-17(8-12-19)16-27-25(31)21-5-3-4-6-22(21)26(32)28-23(15-24(29)30)18-9-13-20(34-2)14-10-18/h7-14,23H,3-6,15-16H2,1-2H3,(H,27,31)(H,28,32)(H,29,30)/t23-/m0/s1. The van der Waals surface area contributed by atoms with Gasteiger partial charge in [-0.25, -0.2) is 0 Å². The molecule has 0 heterocycles. The highest BCUT2D eigenvalue weighted by atomic mass is 16.5. The maximum absolute atomic E-state index is 13.2. The Morgan fingerprint density at radius 1 is 0.853 bits per heavy atom. The molecule has 3 N–H and O–H groups in total. The molecular weight excluding hydrogens is 436 g/mol. The number of aliphatic carboxylic acids is 1. The Labute approximate surface area is 199 Å². The van der Waals surface area contributed by atoms with Gasteiger partial charge in [-0.2, -0.15) is 0 Å². The zero-order valence-electron chi connectivity index (χ0n) is 19.4. The maximum atomic E-state index is 13.2. The number of amides is 2. The van der Waals surface area contributed by atoms with Crippen LogP contribution in [0.5, 0.6) is 11.5 Å². The number of hydrogen-bond acceptors (Lipinski definition) is 5. The maximum Gasteiger partial charge on any atom is 0.305 e. The van der Waals surface area contributed by atoms with Gasteiger partial charge in [0.1, 0.15) is 11.5 Å². The third kappa shape index (κ3) is 6.60. The summed E-state index contributed by atoms with van der Waals surface area (Å²) in [6, 6.07) is 13.5. The molecule has 0 saturated heterocycles. The number of carbonyl (C=O) groups excluding carboxylic acids is 2. The number of carboxylic acid groups (broad SMARTS) is 1. The van der Waals surface area contributed by atoms with Crippen molar-refractivity contribution in [3.63, 3.8) is 0 Å². The number of hydrogen-bond donors (Lipinski definition) is 3. The number of methoxy groups -OCH3 is 2. The van der Waals surface area contributed by atoms with E-state index < -0.39 is 17.9 Å². The third-order valence-electron chi connectivity index (χ3n) is 5.83. The Kier molecular flexibility index (Phi) is 8.67. The molecule has 1 atom stereocenters. The predicted molar refractivity (Wildman–Crippen MR) is 126 cm³/mol. The highest BCUT2D eigenvalue weighted by Crippen LogP contribution is 2.27. The monoisotopic (exact) mass is 466 g/mol. The number of carboxylic acids is 1. The molecule has 0 aliphatic heterocycles. The molecule has 0 fully saturated rings. The second kappa shape index (κ2) is 11.9. The molecule has 0 unspecified atom stereocenters. The van der Waals surface area contributed by atoms with Crippen LogP contribution < -0.4 is 20.1 Å². The van der Waals surface area contributed by atoms with Gasteiger partial charge in [-0.3, -0.25) is 14.4 Å². The lowest BCUT2D eigenvalue weighted by atomic mass is 9.90. The van der Waals surface area contributed by atoms with Gasteiger partial charge >= 0.3 is 5.97 Å². The zero-order valence-corrected chi connectivity index (χ0v) is 19.4. The lowest BCUT2D eigenvalue weighted by molar-refractivity contribution is -0.137. The summed E-state index contributed by atoms with van der Waals surface area (Å²) in [5, 5.41) is 15.1. The van der Waals surface area contributed by atoms with Gasteiger partial charge in [0.05, 0.1) is 26.7 Å². The molecular formula is C26H30N2O6. The van der Waals surface area contributed by atoms with Crippen LogP contribution in [0.4, 0.5) is 0 Å². The van der Waals surface area contributed by atoms with E-state index in [0.717, 1.165) is 24.2 Å². The largest absolute Gasteiger partial charge is 0.497 e. The molecule has 180 valence electrons. The van der Waals surface area contributed by atoms with Crippen LogP contribution in [-0.2, 0) is 20.9 Å². The molecule has 2 aromatic carbocycles. The first kappa shape index (κ1) is 24.8. The van der Waals surface area contributed by atoms with Crippen molar-refractivity contribution in [2.45, 2.75) is 44.7 Å². The molecule has 3 rings (SSSR count). The minimum atomic E-state index is -1.03. The molecule has 2 aromatic rings. The number of carbonyl (C=O) groups is 3. The minimum Gasteiger partial charge on any atom is -0.497 e. The van der Waals surface area contributed by atoms with E-state index in [1.807, 2.05) is 24.3 Å². The van der Waals surface area contributed by atoms with Gasteiger partial charge in [0.15, 0.2) is 0 Å². The summed E-state index contributed by atoms with van der Waals surface area (Å²) < 4.78 is 10.3. The molecule has 1 aliphatic carbocycles. The predicted octanol–water partition coefficient (Wildman–Crippen LogP) is 3.52. The van der Waals surface area contributed by atoms with Gasteiger partial charge < -0.3 is 25.2 Å². The topological polar surface area (TPSA) is 114 Å². The summed E-state index contributed by atoms with van der Waals surface area (Å²) >= 11 is 0. The van der Waals surface area contributed by atoms with Crippen molar-refractivity contribution in [1.29, 1.82) is 0 Å². The molecule has 1 aliphatic rings. The van der Waals surface area contributed by atoms with Crippen molar-refractivity contribution in [1.82, 2.24) is 10.6 Å². The van der Waals surface area contributed by atoms with Crippen molar-refractivity contribution < 1.29 is 29.0 Å². The second-order valence-corrected chi connectivity index (χ2v) is 8.09. The van der Waals surface area contributed by atoms with Crippen LogP contribution in [0.3, 0.4) is 0 Å². The Balaban J connectivity index is 1.74. The lowest BCUT2D eigenvalue weighted by Crippen LogP contribution is -2.35.